The molecule has 120 valence electrons. The van der Waals surface area contributed by atoms with Gasteiger partial charge in [0.15, 0.2) is 11.5 Å². The summed E-state index contributed by atoms with van der Waals surface area (Å²) in [4.78, 5) is 2.38. The van der Waals surface area contributed by atoms with Gasteiger partial charge in [0.25, 0.3) is 0 Å². The van der Waals surface area contributed by atoms with E-state index in [0.29, 0.717) is 0 Å². The minimum absolute atomic E-state index is 0.103. The molecule has 0 aromatic heterocycles. The molecule has 0 spiro atoms. The van der Waals surface area contributed by atoms with Gasteiger partial charge >= 0.3 is 6.29 Å². The van der Waals surface area contributed by atoms with Crippen LogP contribution in [0, 0.1) is 0 Å². The molecular formula is C18H17F2NO2. The fourth-order valence-corrected chi connectivity index (χ4v) is 3.38. The van der Waals surface area contributed by atoms with Crippen LogP contribution in [0.4, 0.5) is 8.78 Å². The van der Waals surface area contributed by atoms with Crippen molar-refractivity contribution in [1.29, 1.82) is 0 Å². The second kappa shape index (κ2) is 5.49. The van der Waals surface area contributed by atoms with Crippen LogP contribution in [-0.2, 0) is 6.54 Å². The third kappa shape index (κ3) is 2.88. The maximum Gasteiger partial charge on any atom is 0.586 e. The average molecular weight is 317 g/mol. The minimum Gasteiger partial charge on any atom is -0.395 e. The van der Waals surface area contributed by atoms with Gasteiger partial charge in [-0.3, -0.25) is 4.90 Å². The summed E-state index contributed by atoms with van der Waals surface area (Å²) < 4.78 is 35.3. The Balaban J connectivity index is 1.56. The lowest BCUT2D eigenvalue weighted by molar-refractivity contribution is -0.286. The molecule has 0 radical (unpaired) electrons. The molecule has 2 aliphatic rings. The van der Waals surface area contributed by atoms with E-state index in [0.717, 1.165) is 31.5 Å². The number of alkyl halides is 2. The van der Waals surface area contributed by atoms with E-state index in [-0.39, 0.29) is 17.5 Å². The van der Waals surface area contributed by atoms with E-state index < -0.39 is 6.29 Å². The first-order valence-electron chi connectivity index (χ1n) is 7.78. The van der Waals surface area contributed by atoms with Gasteiger partial charge in [-0.15, -0.1) is 8.78 Å². The third-order valence-corrected chi connectivity index (χ3v) is 4.40. The number of halogens is 2. The van der Waals surface area contributed by atoms with Crippen molar-refractivity contribution in [3.05, 3.63) is 59.7 Å². The molecule has 2 aromatic carbocycles. The van der Waals surface area contributed by atoms with Gasteiger partial charge in [-0.2, -0.15) is 0 Å². The number of rotatable bonds is 3. The van der Waals surface area contributed by atoms with E-state index in [1.165, 1.54) is 5.56 Å². The SMILES string of the molecule is FC1(F)Oc2ccc([C@H]3CCCN3Cc3ccccc3)cc2O1. The van der Waals surface area contributed by atoms with E-state index in [1.54, 1.807) is 12.1 Å². The summed E-state index contributed by atoms with van der Waals surface area (Å²) in [6.07, 6.45) is -1.44. The van der Waals surface area contributed by atoms with Crippen molar-refractivity contribution >= 4 is 0 Å². The second-order valence-corrected chi connectivity index (χ2v) is 5.99. The highest BCUT2D eigenvalue weighted by Gasteiger charge is 2.43. The molecule has 0 amide bonds. The molecule has 0 aliphatic carbocycles. The number of benzene rings is 2. The van der Waals surface area contributed by atoms with E-state index in [2.05, 4.69) is 26.5 Å². The van der Waals surface area contributed by atoms with Gasteiger partial charge < -0.3 is 9.47 Å². The summed E-state index contributed by atoms with van der Waals surface area (Å²) in [5, 5.41) is 0. The summed E-state index contributed by atoms with van der Waals surface area (Å²) >= 11 is 0. The van der Waals surface area contributed by atoms with Crippen molar-refractivity contribution in [1.82, 2.24) is 4.90 Å². The number of nitrogens with zero attached hydrogens (tertiary/aromatic N) is 1. The summed E-state index contributed by atoms with van der Waals surface area (Å²) in [5.74, 6) is 0.227. The van der Waals surface area contributed by atoms with Crippen molar-refractivity contribution in [2.24, 2.45) is 0 Å². The zero-order valence-corrected chi connectivity index (χ0v) is 12.5. The van der Waals surface area contributed by atoms with Crippen molar-refractivity contribution < 1.29 is 18.3 Å². The maximum absolute atomic E-state index is 13.2. The lowest BCUT2D eigenvalue weighted by Gasteiger charge is -2.25. The molecule has 0 saturated carbocycles. The number of hydrogen-bond donors (Lipinski definition) is 0. The first-order chi connectivity index (χ1) is 11.1. The Bertz CT molecular complexity index is 705. The number of fused-ring (bicyclic) bond motifs is 1. The highest BCUT2D eigenvalue weighted by Crippen LogP contribution is 2.44. The fraction of sp³-hybridized carbons (Fsp3) is 0.333. The summed E-state index contributed by atoms with van der Waals surface area (Å²) in [6.45, 7) is 1.86. The van der Waals surface area contributed by atoms with E-state index >= 15 is 0 Å². The summed E-state index contributed by atoms with van der Waals surface area (Å²) in [7, 11) is 0. The predicted molar refractivity (Wildman–Crippen MR) is 81.5 cm³/mol. The minimum atomic E-state index is -3.56. The van der Waals surface area contributed by atoms with Gasteiger partial charge in [-0.25, -0.2) is 0 Å². The average Bonchev–Trinajstić information content (AvgIpc) is 3.09. The molecule has 5 heteroatoms. The number of hydrogen-bond acceptors (Lipinski definition) is 3. The van der Waals surface area contributed by atoms with Gasteiger partial charge in [-0.1, -0.05) is 36.4 Å². The van der Waals surface area contributed by atoms with Crippen LogP contribution in [0.5, 0.6) is 11.5 Å². The Hall–Kier alpha value is -2.14. The molecular weight excluding hydrogens is 300 g/mol. The van der Waals surface area contributed by atoms with Gasteiger partial charge in [0.2, 0.25) is 0 Å². The van der Waals surface area contributed by atoms with Crippen molar-refractivity contribution in [3.63, 3.8) is 0 Å². The van der Waals surface area contributed by atoms with Gasteiger partial charge in [-0.05, 0) is 42.6 Å². The van der Waals surface area contributed by atoms with E-state index in [9.17, 15) is 8.78 Å². The van der Waals surface area contributed by atoms with Crippen molar-refractivity contribution in [2.75, 3.05) is 6.54 Å². The van der Waals surface area contributed by atoms with E-state index in [4.69, 9.17) is 0 Å². The first-order valence-corrected chi connectivity index (χ1v) is 7.78. The lowest BCUT2D eigenvalue weighted by atomic mass is 10.0. The maximum atomic E-state index is 13.2. The first kappa shape index (κ1) is 14.5. The lowest BCUT2D eigenvalue weighted by Crippen LogP contribution is -2.26. The molecule has 2 aromatic rings. The Morgan fingerprint density at radius 1 is 1.04 bits per heavy atom. The molecule has 2 aliphatic heterocycles. The molecule has 23 heavy (non-hydrogen) atoms. The molecule has 1 atom stereocenters. The van der Waals surface area contributed by atoms with Crippen molar-refractivity contribution in [3.8, 4) is 11.5 Å². The van der Waals surface area contributed by atoms with Gasteiger partial charge in [0, 0.05) is 12.6 Å². The molecule has 3 nitrogen and oxygen atoms in total. The molecule has 1 fully saturated rings. The highest BCUT2D eigenvalue weighted by molar-refractivity contribution is 5.46. The Labute approximate surface area is 133 Å². The molecule has 4 rings (SSSR count). The normalized spacial score (nSPS) is 22.4. The van der Waals surface area contributed by atoms with Crippen LogP contribution in [0.25, 0.3) is 0 Å². The Morgan fingerprint density at radius 2 is 1.83 bits per heavy atom. The van der Waals surface area contributed by atoms with Crippen LogP contribution in [0.1, 0.15) is 30.0 Å². The van der Waals surface area contributed by atoms with Crippen LogP contribution < -0.4 is 9.47 Å². The zero-order chi connectivity index (χ0) is 15.9. The molecule has 0 bridgehead atoms. The molecule has 2 heterocycles. The van der Waals surface area contributed by atoms with Crippen LogP contribution in [0.2, 0.25) is 0 Å². The fourth-order valence-electron chi connectivity index (χ4n) is 3.38. The van der Waals surface area contributed by atoms with Crippen LogP contribution in [0.3, 0.4) is 0 Å². The summed E-state index contributed by atoms with van der Waals surface area (Å²) in [6, 6.07) is 15.6. The zero-order valence-electron chi connectivity index (χ0n) is 12.5. The molecule has 0 N–H and O–H groups in total. The number of likely N-dealkylation sites (tertiary alicyclic amines) is 1. The third-order valence-electron chi connectivity index (χ3n) is 4.40. The van der Waals surface area contributed by atoms with Gasteiger partial charge in [0.1, 0.15) is 0 Å². The van der Waals surface area contributed by atoms with Crippen LogP contribution in [-0.4, -0.2) is 17.7 Å². The van der Waals surface area contributed by atoms with E-state index in [1.807, 2.05) is 24.3 Å². The number of ether oxygens (including phenoxy) is 2. The van der Waals surface area contributed by atoms with Crippen LogP contribution in [0.15, 0.2) is 48.5 Å². The van der Waals surface area contributed by atoms with Crippen molar-refractivity contribution in [2.45, 2.75) is 31.7 Å². The predicted octanol–water partition coefficient (Wildman–Crippen LogP) is 4.35. The molecule has 0 unspecified atom stereocenters. The van der Waals surface area contributed by atoms with Gasteiger partial charge in [0.05, 0.1) is 0 Å². The summed E-state index contributed by atoms with van der Waals surface area (Å²) in [5.41, 5.74) is 2.25. The quantitative estimate of drug-likeness (QED) is 0.840. The van der Waals surface area contributed by atoms with Crippen LogP contribution >= 0.6 is 0 Å². The largest absolute Gasteiger partial charge is 0.586 e. The molecule has 1 saturated heterocycles. The monoisotopic (exact) mass is 317 g/mol. The Morgan fingerprint density at radius 3 is 2.65 bits per heavy atom. The topological polar surface area (TPSA) is 21.7 Å². The second-order valence-electron chi connectivity index (χ2n) is 5.99. The standard InChI is InChI=1S/C18H17F2NO2/c19-18(20)22-16-9-8-14(11-17(16)23-18)15-7-4-10-21(15)12-13-5-2-1-3-6-13/h1-3,5-6,8-9,11,15H,4,7,10,12H2/t15-/m1/s1. The smallest absolute Gasteiger partial charge is 0.395 e. The Kier molecular flexibility index (Phi) is 3.45. The highest BCUT2D eigenvalue weighted by atomic mass is 19.3.